The monoisotopic (exact) mass is 434 g/mol. The van der Waals surface area contributed by atoms with Crippen molar-refractivity contribution in [1.29, 1.82) is 0 Å². The molecule has 1 amide bonds. The first-order chi connectivity index (χ1) is 13.5. The van der Waals surface area contributed by atoms with Crippen LogP contribution in [-0.2, 0) is 11.3 Å². The highest BCUT2D eigenvalue weighted by Crippen LogP contribution is 2.27. The van der Waals surface area contributed by atoms with E-state index in [-0.39, 0.29) is 17.7 Å². The molecule has 2 aromatic carbocycles. The van der Waals surface area contributed by atoms with Crippen molar-refractivity contribution >= 4 is 40.9 Å². The van der Waals surface area contributed by atoms with Gasteiger partial charge in [-0.15, -0.1) is 10.2 Å². The van der Waals surface area contributed by atoms with Crippen LogP contribution in [0.15, 0.2) is 53.7 Å². The van der Waals surface area contributed by atoms with Crippen LogP contribution in [0.5, 0.6) is 0 Å². The smallest absolute Gasteiger partial charge is 0.230 e. The molecule has 146 valence electrons. The van der Waals surface area contributed by atoms with Crippen molar-refractivity contribution in [2.75, 3.05) is 5.75 Å². The summed E-state index contributed by atoms with van der Waals surface area (Å²) in [5, 5.41) is 13.3. The Kier molecular flexibility index (Phi) is 6.99. The van der Waals surface area contributed by atoms with E-state index in [1.165, 1.54) is 11.8 Å². The SMILES string of the molecule is CCn1c(SCC(=O)NC(C)c2ccc(Cl)cc2Cl)nnc1-c1ccccc1. The number of carbonyl (C=O) groups is 1. The Hall–Kier alpha value is -2.02. The first kappa shape index (κ1) is 20.7. The Balaban J connectivity index is 1.64. The van der Waals surface area contributed by atoms with Crippen LogP contribution in [-0.4, -0.2) is 26.4 Å². The summed E-state index contributed by atoms with van der Waals surface area (Å²) in [6.07, 6.45) is 0. The minimum absolute atomic E-state index is 0.101. The zero-order valence-electron chi connectivity index (χ0n) is 15.5. The number of nitrogens with zero attached hydrogens (tertiary/aromatic N) is 3. The van der Waals surface area contributed by atoms with E-state index >= 15 is 0 Å². The minimum atomic E-state index is -0.221. The van der Waals surface area contributed by atoms with Crippen LogP contribution in [0.4, 0.5) is 0 Å². The largest absolute Gasteiger partial charge is 0.349 e. The Morgan fingerprint density at radius 1 is 1.18 bits per heavy atom. The number of amides is 1. The predicted molar refractivity (Wildman–Crippen MR) is 115 cm³/mol. The van der Waals surface area contributed by atoms with Crippen molar-refractivity contribution in [3.8, 4) is 11.4 Å². The molecule has 0 aliphatic rings. The Morgan fingerprint density at radius 2 is 1.93 bits per heavy atom. The minimum Gasteiger partial charge on any atom is -0.349 e. The molecule has 3 aromatic rings. The number of benzene rings is 2. The lowest BCUT2D eigenvalue weighted by Gasteiger charge is -2.16. The molecular formula is C20H20Cl2N4OS. The van der Waals surface area contributed by atoms with E-state index in [1.54, 1.807) is 12.1 Å². The van der Waals surface area contributed by atoms with Crippen LogP contribution >= 0.6 is 35.0 Å². The quantitative estimate of drug-likeness (QED) is 0.516. The van der Waals surface area contributed by atoms with Gasteiger partial charge in [-0.2, -0.15) is 0 Å². The normalized spacial score (nSPS) is 12.0. The van der Waals surface area contributed by atoms with Gasteiger partial charge >= 0.3 is 0 Å². The number of halogens is 2. The van der Waals surface area contributed by atoms with E-state index in [4.69, 9.17) is 23.2 Å². The van der Waals surface area contributed by atoms with Gasteiger partial charge in [-0.1, -0.05) is 71.4 Å². The Morgan fingerprint density at radius 3 is 2.61 bits per heavy atom. The van der Waals surface area contributed by atoms with Crippen molar-refractivity contribution in [2.24, 2.45) is 0 Å². The fourth-order valence-electron chi connectivity index (χ4n) is 2.82. The molecule has 0 spiro atoms. The summed E-state index contributed by atoms with van der Waals surface area (Å²) in [4.78, 5) is 12.4. The number of nitrogens with one attached hydrogen (secondary N) is 1. The maximum Gasteiger partial charge on any atom is 0.230 e. The summed E-state index contributed by atoms with van der Waals surface area (Å²) < 4.78 is 2.01. The molecule has 5 nitrogen and oxygen atoms in total. The van der Waals surface area contributed by atoms with Gasteiger partial charge in [0.05, 0.1) is 11.8 Å². The summed E-state index contributed by atoms with van der Waals surface area (Å²) in [7, 11) is 0. The van der Waals surface area contributed by atoms with Gasteiger partial charge in [0, 0.05) is 22.2 Å². The van der Waals surface area contributed by atoms with Gasteiger partial charge in [-0.3, -0.25) is 4.79 Å². The summed E-state index contributed by atoms with van der Waals surface area (Å²) in [5.74, 6) is 0.936. The summed E-state index contributed by atoms with van der Waals surface area (Å²) in [5.41, 5.74) is 1.83. The van der Waals surface area contributed by atoms with E-state index in [0.29, 0.717) is 15.2 Å². The zero-order valence-corrected chi connectivity index (χ0v) is 17.9. The van der Waals surface area contributed by atoms with Gasteiger partial charge in [0.15, 0.2) is 11.0 Å². The van der Waals surface area contributed by atoms with Crippen LogP contribution in [0.2, 0.25) is 10.0 Å². The van der Waals surface area contributed by atoms with Gasteiger partial charge in [0.1, 0.15) is 0 Å². The molecule has 1 atom stereocenters. The van der Waals surface area contributed by atoms with Crippen LogP contribution in [0.3, 0.4) is 0 Å². The Labute approximate surface area is 178 Å². The average Bonchev–Trinajstić information content (AvgIpc) is 3.09. The lowest BCUT2D eigenvalue weighted by atomic mass is 10.1. The average molecular weight is 435 g/mol. The van der Waals surface area contributed by atoms with Crippen molar-refractivity contribution in [3.63, 3.8) is 0 Å². The maximum atomic E-state index is 12.4. The van der Waals surface area contributed by atoms with E-state index in [1.807, 2.05) is 54.8 Å². The van der Waals surface area contributed by atoms with E-state index in [2.05, 4.69) is 15.5 Å². The molecule has 0 radical (unpaired) electrons. The lowest BCUT2D eigenvalue weighted by molar-refractivity contribution is -0.119. The molecule has 0 aliphatic carbocycles. The van der Waals surface area contributed by atoms with Gasteiger partial charge in [-0.25, -0.2) is 0 Å². The maximum absolute atomic E-state index is 12.4. The highest BCUT2D eigenvalue weighted by molar-refractivity contribution is 7.99. The topological polar surface area (TPSA) is 59.8 Å². The van der Waals surface area contributed by atoms with Crippen molar-refractivity contribution < 1.29 is 4.79 Å². The predicted octanol–water partition coefficient (Wildman–Crippen LogP) is 5.24. The molecule has 1 heterocycles. The third kappa shape index (κ3) is 4.87. The molecular weight excluding hydrogens is 415 g/mol. The highest BCUT2D eigenvalue weighted by atomic mass is 35.5. The van der Waals surface area contributed by atoms with E-state index in [0.717, 1.165) is 23.5 Å². The molecule has 0 saturated carbocycles. The molecule has 0 saturated heterocycles. The number of thioether (sulfide) groups is 1. The van der Waals surface area contributed by atoms with Gasteiger partial charge < -0.3 is 9.88 Å². The van der Waals surface area contributed by atoms with Crippen LogP contribution in [0.1, 0.15) is 25.5 Å². The Bertz CT molecular complexity index is 962. The number of hydrogen-bond acceptors (Lipinski definition) is 4. The zero-order chi connectivity index (χ0) is 20.1. The number of rotatable bonds is 7. The highest BCUT2D eigenvalue weighted by Gasteiger charge is 2.16. The lowest BCUT2D eigenvalue weighted by Crippen LogP contribution is -2.28. The van der Waals surface area contributed by atoms with Gasteiger partial charge in [-0.05, 0) is 31.5 Å². The standard InChI is InChI=1S/C20H20Cl2N4OS/c1-3-26-19(14-7-5-4-6-8-14)24-25-20(26)28-12-18(27)23-13(2)16-10-9-15(21)11-17(16)22/h4-11,13H,3,12H2,1-2H3,(H,23,27). The van der Waals surface area contributed by atoms with Crippen molar-refractivity contribution in [2.45, 2.75) is 31.6 Å². The molecule has 0 bridgehead atoms. The number of aromatic nitrogens is 3. The summed E-state index contributed by atoms with van der Waals surface area (Å²) >= 11 is 13.5. The molecule has 0 fully saturated rings. The first-order valence-corrected chi connectivity index (χ1v) is 10.6. The summed E-state index contributed by atoms with van der Waals surface area (Å²) in [6.45, 7) is 4.64. The van der Waals surface area contributed by atoms with Crippen molar-refractivity contribution in [3.05, 3.63) is 64.1 Å². The molecule has 28 heavy (non-hydrogen) atoms. The molecule has 8 heteroatoms. The van der Waals surface area contributed by atoms with Crippen LogP contribution in [0, 0.1) is 0 Å². The third-order valence-corrected chi connectivity index (χ3v) is 5.73. The molecule has 1 N–H and O–H groups in total. The van der Waals surface area contributed by atoms with E-state index in [9.17, 15) is 4.79 Å². The molecule has 0 aliphatic heterocycles. The molecule has 3 rings (SSSR count). The first-order valence-electron chi connectivity index (χ1n) is 8.85. The van der Waals surface area contributed by atoms with E-state index < -0.39 is 0 Å². The fourth-order valence-corrected chi connectivity index (χ4v) is 4.21. The number of hydrogen-bond donors (Lipinski definition) is 1. The summed E-state index contributed by atoms with van der Waals surface area (Å²) in [6, 6.07) is 14.9. The van der Waals surface area contributed by atoms with Gasteiger partial charge in [0.25, 0.3) is 0 Å². The number of carbonyl (C=O) groups excluding carboxylic acids is 1. The van der Waals surface area contributed by atoms with Crippen molar-refractivity contribution in [1.82, 2.24) is 20.1 Å². The molecule has 1 aromatic heterocycles. The molecule has 1 unspecified atom stereocenters. The van der Waals surface area contributed by atoms with Gasteiger partial charge in [0.2, 0.25) is 5.91 Å². The van der Waals surface area contributed by atoms with Crippen LogP contribution < -0.4 is 5.32 Å². The third-order valence-electron chi connectivity index (χ3n) is 4.20. The second-order valence-corrected chi connectivity index (χ2v) is 7.95. The fraction of sp³-hybridized carbons (Fsp3) is 0.250. The second kappa shape index (κ2) is 9.45. The van der Waals surface area contributed by atoms with Crippen LogP contribution in [0.25, 0.3) is 11.4 Å². The second-order valence-electron chi connectivity index (χ2n) is 6.16.